The van der Waals surface area contributed by atoms with Crippen LogP contribution in [0.2, 0.25) is 5.02 Å². The summed E-state index contributed by atoms with van der Waals surface area (Å²) < 4.78 is 41.1. The normalized spacial score (nSPS) is 11.4. The van der Waals surface area contributed by atoms with E-state index in [2.05, 4.69) is 5.32 Å². The van der Waals surface area contributed by atoms with Crippen molar-refractivity contribution >= 4 is 33.2 Å². The van der Waals surface area contributed by atoms with Gasteiger partial charge in [-0.05, 0) is 42.0 Å². The Morgan fingerprint density at radius 2 is 1.55 bits per heavy atom. The number of sulfonamides is 1. The zero-order chi connectivity index (χ0) is 20.9. The molecule has 0 bridgehead atoms. The van der Waals surface area contributed by atoms with Crippen LogP contribution >= 0.6 is 11.6 Å². The molecule has 0 saturated heterocycles. The zero-order valence-electron chi connectivity index (χ0n) is 15.3. The van der Waals surface area contributed by atoms with Crippen molar-refractivity contribution in [3.05, 3.63) is 95.3 Å². The van der Waals surface area contributed by atoms with Crippen molar-refractivity contribution in [2.45, 2.75) is 11.4 Å². The maximum Gasteiger partial charge on any atom is 0.243 e. The number of halogens is 2. The van der Waals surface area contributed by atoms with E-state index in [0.29, 0.717) is 10.6 Å². The van der Waals surface area contributed by atoms with E-state index in [0.717, 1.165) is 4.31 Å². The van der Waals surface area contributed by atoms with Gasteiger partial charge >= 0.3 is 0 Å². The summed E-state index contributed by atoms with van der Waals surface area (Å²) in [6, 6.07) is 20.3. The highest BCUT2D eigenvalue weighted by molar-refractivity contribution is 7.89. The van der Waals surface area contributed by atoms with Crippen molar-refractivity contribution in [2.75, 3.05) is 11.9 Å². The molecular formula is C21H18ClFN2O3S. The molecule has 0 spiro atoms. The van der Waals surface area contributed by atoms with Gasteiger partial charge in [0.15, 0.2) is 0 Å². The third-order valence-electron chi connectivity index (χ3n) is 4.12. The summed E-state index contributed by atoms with van der Waals surface area (Å²) in [6.45, 7) is -0.495. The Morgan fingerprint density at radius 3 is 2.21 bits per heavy atom. The summed E-state index contributed by atoms with van der Waals surface area (Å²) in [5.41, 5.74) is 0.699. The summed E-state index contributed by atoms with van der Waals surface area (Å²) in [5, 5.41) is 2.82. The van der Waals surface area contributed by atoms with Gasteiger partial charge in [0, 0.05) is 11.6 Å². The van der Waals surface area contributed by atoms with Crippen LogP contribution in [0.4, 0.5) is 10.1 Å². The first kappa shape index (κ1) is 21.0. The van der Waals surface area contributed by atoms with Crippen LogP contribution in [0.25, 0.3) is 0 Å². The van der Waals surface area contributed by atoms with E-state index in [1.807, 2.05) is 6.07 Å². The monoisotopic (exact) mass is 432 g/mol. The largest absolute Gasteiger partial charge is 0.322 e. The lowest BCUT2D eigenvalue weighted by Gasteiger charge is -2.22. The highest BCUT2D eigenvalue weighted by atomic mass is 35.5. The van der Waals surface area contributed by atoms with Crippen molar-refractivity contribution in [3.8, 4) is 0 Å². The number of anilines is 1. The van der Waals surface area contributed by atoms with Gasteiger partial charge in [-0.15, -0.1) is 0 Å². The second kappa shape index (κ2) is 9.17. The minimum absolute atomic E-state index is 0.0107. The fourth-order valence-electron chi connectivity index (χ4n) is 2.68. The Hall–Kier alpha value is -2.74. The number of rotatable bonds is 7. The molecule has 1 amide bonds. The Balaban J connectivity index is 1.87. The van der Waals surface area contributed by atoms with Crippen molar-refractivity contribution in [2.24, 2.45) is 0 Å². The Morgan fingerprint density at radius 1 is 0.931 bits per heavy atom. The van der Waals surface area contributed by atoms with Gasteiger partial charge in [-0.2, -0.15) is 4.31 Å². The van der Waals surface area contributed by atoms with Gasteiger partial charge in [0.25, 0.3) is 0 Å². The van der Waals surface area contributed by atoms with Crippen molar-refractivity contribution in [1.29, 1.82) is 0 Å². The summed E-state index contributed by atoms with van der Waals surface area (Å²) in [6.07, 6.45) is 0. The number of hydrogen-bond acceptors (Lipinski definition) is 3. The van der Waals surface area contributed by atoms with E-state index in [9.17, 15) is 17.6 Å². The number of nitrogens with zero attached hydrogens (tertiary/aromatic N) is 1. The van der Waals surface area contributed by atoms with E-state index < -0.39 is 28.3 Å². The highest BCUT2D eigenvalue weighted by Gasteiger charge is 2.27. The smallest absolute Gasteiger partial charge is 0.243 e. The topological polar surface area (TPSA) is 66.5 Å². The van der Waals surface area contributed by atoms with Gasteiger partial charge in [0.1, 0.15) is 5.82 Å². The highest BCUT2D eigenvalue weighted by Crippen LogP contribution is 2.21. The molecule has 3 rings (SSSR count). The summed E-state index contributed by atoms with van der Waals surface area (Å²) in [7, 11) is -3.99. The van der Waals surface area contributed by atoms with E-state index in [1.54, 1.807) is 30.3 Å². The number of nitrogens with one attached hydrogen (secondary N) is 1. The average molecular weight is 433 g/mol. The minimum Gasteiger partial charge on any atom is -0.322 e. The average Bonchev–Trinajstić information content (AvgIpc) is 2.70. The maximum absolute atomic E-state index is 13.8. The SMILES string of the molecule is O=C(CN(Cc1ccccc1)S(=O)(=O)c1ccc(Cl)cc1)Nc1ccccc1F. The molecule has 0 fully saturated rings. The lowest BCUT2D eigenvalue weighted by atomic mass is 10.2. The molecule has 3 aromatic carbocycles. The number of carbonyl (C=O) groups is 1. The molecule has 0 radical (unpaired) electrons. The Labute approximate surface area is 173 Å². The molecule has 0 saturated carbocycles. The van der Waals surface area contributed by atoms with Gasteiger partial charge in [-0.25, -0.2) is 12.8 Å². The van der Waals surface area contributed by atoms with Crippen LogP contribution in [0.1, 0.15) is 5.56 Å². The number of benzene rings is 3. The fraction of sp³-hybridized carbons (Fsp3) is 0.0952. The standard InChI is InChI=1S/C21H18ClFN2O3S/c22-17-10-12-18(13-11-17)29(27,28)25(14-16-6-2-1-3-7-16)15-21(26)24-20-9-5-4-8-19(20)23/h1-13H,14-15H2,(H,24,26). The predicted molar refractivity (Wildman–Crippen MR) is 111 cm³/mol. The maximum atomic E-state index is 13.8. The fourth-order valence-corrected chi connectivity index (χ4v) is 4.19. The summed E-state index contributed by atoms with van der Waals surface area (Å²) in [4.78, 5) is 12.5. The number of para-hydroxylation sites is 1. The van der Waals surface area contributed by atoms with Crippen molar-refractivity contribution in [1.82, 2.24) is 4.31 Å². The molecule has 1 N–H and O–H groups in total. The molecule has 0 unspecified atom stereocenters. The number of carbonyl (C=O) groups excluding carboxylic acids is 1. The first-order valence-corrected chi connectivity index (χ1v) is 10.5. The molecule has 0 aliphatic carbocycles. The van der Waals surface area contributed by atoms with Crippen LogP contribution < -0.4 is 5.32 Å². The van der Waals surface area contributed by atoms with Crippen LogP contribution in [0.5, 0.6) is 0 Å². The molecule has 0 aliphatic rings. The van der Waals surface area contributed by atoms with Crippen molar-refractivity contribution in [3.63, 3.8) is 0 Å². The first-order valence-electron chi connectivity index (χ1n) is 8.70. The molecule has 5 nitrogen and oxygen atoms in total. The van der Waals surface area contributed by atoms with Gasteiger partial charge in [-0.1, -0.05) is 54.1 Å². The van der Waals surface area contributed by atoms with Crippen LogP contribution in [0.15, 0.2) is 83.8 Å². The Kier molecular flexibility index (Phi) is 6.64. The Bertz CT molecular complexity index is 1090. The first-order chi connectivity index (χ1) is 13.9. The quantitative estimate of drug-likeness (QED) is 0.605. The van der Waals surface area contributed by atoms with Gasteiger partial charge < -0.3 is 5.32 Å². The van der Waals surface area contributed by atoms with Gasteiger partial charge in [0.05, 0.1) is 17.1 Å². The molecule has 29 heavy (non-hydrogen) atoms. The zero-order valence-corrected chi connectivity index (χ0v) is 16.8. The molecule has 150 valence electrons. The molecule has 3 aromatic rings. The van der Waals surface area contributed by atoms with Crippen LogP contribution in [-0.2, 0) is 21.4 Å². The van der Waals surface area contributed by atoms with Crippen LogP contribution in [0, 0.1) is 5.82 Å². The van der Waals surface area contributed by atoms with Gasteiger partial charge in [0.2, 0.25) is 15.9 Å². The lowest BCUT2D eigenvalue weighted by molar-refractivity contribution is -0.116. The second-order valence-corrected chi connectivity index (χ2v) is 8.62. The molecule has 0 aliphatic heterocycles. The molecule has 8 heteroatoms. The minimum atomic E-state index is -3.99. The second-order valence-electron chi connectivity index (χ2n) is 6.24. The third-order valence-corrected chi connectivity index (χ3v) is 6.18. The van der Waals surface area contributed by atoms with Crippen LogP contribution in [0.3, 0.4) is 0 Å². The van der Waals surface area contributed by atoms with E-state index in [4.69, 9.17) is 11.6 Å². The molecule has 0 atom stereocenters. The van der Waals surface area contributed by atoms with Crippen molar-refractivity contribution < 1.29 is 17.6 Å². The van der Waals surface area contributed by atoms with E-state index >= 15 is 0 Å². The third kappa shape index (κ3) is 5.41. The number of hydrogen-bond donors (Lipinski definition) is 1. The molecule has 0 aromatic heterocycles. The van der Waals surface area contributed by atoms with Crippen LogP contribution in [-0.4, -0.2) is 25.2 Å². The summed E-state index contributed by atoms with van der Waals surface area (Å²) >= 11 is 5.85. The van der Waals surface area contributed by atoms with E-state index in [-0.39, 0.29) is 17.1 Å². The van der Waals surface area contributed by atoms with Gasteiger partial charge in [-0.3, -0.25) is 4.79 Å². The molecule has 0 heterocycles. The lowest BCUT2D eigenvalue weighted by Crippen LogP contribution is -2.37. The number of amides is 1. The molecular weight excluding hydrogens is 415 g/mol. The predicted octanol–water partition coefficient (Wildman–Crippen LogP) is 4.31. The van der Waals surface area contributed by atoms with E-state index in [1.165, 1.54) is 42.5 Å². The summed E-state index contributed by atoms with van der Waals surface area (Å²) in [5.74, 6) is -1.25.